The predicted molar refractivity (Wildman–Crippen MR) is 126 cm³/mol. The zero-order chi connectivity index (χ0) is 21.6. The molecule has 0 spiro atoms. The van der Waals surface area contributed by atoms with Gasteiger partial charge in [-0.15, -0.1) is 0 Å². The molecule has 4 rings (SSSR count). The van der Waals surface area contributed by atoms with Crippen molar-refractivity contribution >= 4 is 28.4 Å². The predicted octanol–water partition coefficient (Wildman–Crippen LogP) is 5.60. The summed E-state index contributed by atoms with van der Waals surface area (Å²) >= 11 is 6.01. The third-order valence-corrected chi connectivity index (χ3v) is 5.63. The Morgan fingerprint density at radius 1 is 1.00 bits per heavy atom. The average molecular weight is 433 g/mol. The number of halogens is 1. The van der Waals surface area contributed by atoms with Crippen LogP contribution >= 0.6 is 11.6 Å². The SMILES string of the molecule is COc1cccc(CNC(=O)CCc2cn(Cc3ccc(Cl)cc3)c3ccccc23)c1. The molecule has 1 N–H and O–H groups in total. The molecule has 0 bridgehead atoms. The summed E-state index contributed by atoms with van der Waals surface area (Å²) in [6.07, 6.45) is 3.30. The van der Waals surface area contributed by atoms with Crippen LogP contribution in [-0.4, -0.2) is 17.6 Å². The van der Waals surface area contributed by atoms with E-state index in [2.05, 4.69) is 28.2 Å². The van der Waals surface area contributed by atoms with E-state index in [-0.39, 0.29) is 5.91 Å². The topological polar surface area (TPSA) is 43.3 Å². The second-order valence-electron chi connectivity index (χ2n) is 7.55. The molecule has 158 valence electrons. The van der Waals surface area contributed by atoms with E-state index in [0.717, 1.165) is 22.9 Å². The van der Waals surface area contributed by atoms with Crippen LogP contribution in [-0.2, 0) is 24.3 Å². The molecular formula is C26H25ClN2O2. The van der Waals surface area contributed by atoms with Gasteiger partial charge in [0.05, 0.1) is 7.11 Å². The molecule has 0 atom stereocenters. The molecule has 0 saturated carbocycles. The van der Waals surface area contributed by atoms with Gasteiger partial charge in [0.2, 0.25) is 5.91 Å². The van der Waals surface area contributed by atoms with Crippen LogP contribution < -0.4 is 10.1 Å². The summed E-state index contributed by atoms with van der Waals surface area (Å²) in [5, 5.41) is 4.94. The number of carbonyl (C=O) groups is 1. The van der Waals surface area contributed by atoms with E-state index < -0.39 is 0 Å². The minimum Gasteiger partial charge on any atom is -0.497 e. The summed E-state index contributed by atoms with van der Waals surface area (Å²) in [6, 6.07) is 24.0. The van der Waals surface area contributed by atoms with Gasteiger partial charge in [-0.05, 0) is 53.4 Å². The molecule has 5 heteroatoms. The summed E-state index contributed by atoms with van der Waals surface area (Å²) in [4.78, 5) is 12.4. The van der Waals surface area contributed by atoms with Crippen molar-refractivity contribution in [2.45, 2.75) is 25.9 Å². The van der Waals surface area contributed by atoms with Crippen molar-refractivity contribution in [1.82, 2.24) is 9.88 Å². The maximum absolute atomic E-state index is 12.4. The highest BCUT2D eigenvalue weighted by Crippen LogP contribution is 2.24. The number of fused-ring (bicyclic) bond motifs is 1. The lowest BCUT2D eigenvalue weighted by Gasteiger charge is -2.07. The van der Waals surface area contributed by atoms with Crippen molar-refractivity contribution in [1.29, 1.82) is 0 Å². The minimum absolute atomic E-state index is 0.0392. The Morgan fingerprint density at radius 2 is 1.81 bits per heavy atom. The smallest absolute Gasteiger partial charge is 0.220 e. The lowest BCUT2D eigenvalue weighted by molar-refractivity contribution is -0.121. The fourth-order valence-electron chi connectivity index (χ4n) is 3.76. The second kappa shape index (κ2) is 9.71. The first kappa shape index (κ1) is 21.0. The second-order valence-corrected chi connectivity index (χ2v) is 7.99. The first-order valence-corrected chi connectivity index (χ1v) is 10.7. The van der Waals surface area contributed by atoms with Crippen LogP contribution in [0.3, 0.4) is 0 Å². The van der Waals surface area contributed by atoms with Crippen molar-refractivity contribution in [2.24, 2.45) is 0 Å². The third kappa shape index (κ3) is 5.28. The maximum atomic E-state index is 12.4. The van der Waals surface area contributed by atoms with Gasteiger partial charge in [-0.2, -0.15) is 0 Å². The van der Waals surface area contributed by atoms with Crippen molar-refractivity contribution < 1.29 is 9.53 Å². The molecule has 1 heterocycles. The highest BCUT2D eigenvalue weighted by atomic mass is 35.5. The number of para-hydroxylation sites is 1. The monoisotopic (exact) mass is 432 g/mol. The fraction of sp³-hybridized carbons (Fsp3) is 0.192. The van der Waals surface area contributed by atoms with E-state index in [9.17, 15) is 4.79 Å². The van der Waals surface area contributed by atoms with Gasteiger partial charge in [0, 0.05) is 41.6 Å². The maximum Gasteiger partial charge on any atom is 0.220 e. The number of nitrogens with one attached hydrogen (secondary N) is 1. The van der Waals surface area contributed by atoms with Crippen LogP contribution in [0.15, 0.2) is 79.0 Å². The van der Waals surface area contributed by atoms with E-state index in [4.69, 9.17) is 16.3 Å². The number of hydrogen-bond donors (Lipinski definition) is 1. The first-order valence-electron chi connectivity index (χ1n) is 10.3. The number of methoxy groups -OCH3 is 1. The normalized spacial score (nSPS) is 10.9. The van der Waals surface area contributed by atoms with E-state index in [1.54, 1.807) is 7.11 Å². The minimum atomic E-state index is 0.0392. The number of rotatable bonds is 8. The van der Waals surface area contributed by atoms with Crippen molar-refractivity contribution in [3.63, 3.8) is 0 Å². The molecule has 3 aromatic carbocycles. The Balaban J connectivity index is 1.42. The molecule has 0 aliphatic heterocycles. The van der Waals surface area contributed by atoms with Gasteiger partial charge in [0.1, 0.15) is 5.75 Å². The molecule has 4 nitrogen and oxygen atoms in total. The molecule has 0 radical (unpaired) electrons. The van der Waals surface area contributed by atoms with Crippen LogP contribution in [0.25, 0.3) is 10.9 Å². The average Bonchev–Trinajstić information content (AvgIpc) is 3.15. The van der Waals surface area contributed by atoms with E-state index in [0.29, 0.717) is 19.4 Å². The van der Waals surface area contributed by atoms with E-state index in [1.807, 2.05) is 60.7 Å². The number of aromatic nitrogens is 1. The Labute approximate surface area is 187 Å². The van der Waals surface area contributed by atoms with Gasteiger partial charge in [-0.1, -0.05) is 54.1 Å². The highest BCUT2D eigenvalue weighted by Gasteiger charge is 2.11. The van der Waals surface area contributed by atoms with Crippen LogP contribution in [0.4, 0.5) is 0 Å². The first-order chi connectivity index (χ1) is 15.1. The van der Waals surface area contributed by atoms with Crippen LogP contribution in [0.2, 0.25) is 5.02 Å². The standard InChI is InChI=1S/C26H25ClN2O2/c1-31-23-6-4-5-20(15-23)16-28-26(30)14-11-21-18-29(25-8-3-2-7-24(21)25)17-19-9-12-22(27)13-10-19/h2-10,12-13,15,18H,11,14,16-17H2,1H3,(H,28,30). The summed E-state index contributed by atoms with van der Waals surface area (Å²) < 4.78 is 7.48. The van der Waals surface area contributed by atoms with Gasteiger partial charge < -0.3 is 14.6 Å². The lowest BCUT2D eigenvalue weighted by atomic mass is 10.1. The number of carbonyl (C=O) groups excluding carboxylic acids is 1. The summed E-state index contributed by atoms with van der Waals surface area (Å²) in [7, 11) is 1.64. The number of aryl methyl sites for hydroxylation is 1. The van der Waals surface area contributed by atoms with Gasteiger partial charge in [0.25, 0.3) is 0 Å². The fourth-order valence-corrected chi connectivity index (χ4v) is 3.89. The van der Waals surface area contributed by atoms with Crippen LogP contribution in [0.5, 0.6) is 5.75 Å². The molecule has 1 amide bonds. The van der Waals surface area contributed by atoms with Gasteiger partial charge in [-0.3, -0.25) is 4.79 Å². The zero-order valence-corrected chi connectivity index (χ0v) is 18.2. The Hall–Kier alpha value is -3.24. The summed E-state index contributed by atoms with van der Waals surface area (Å²) in [5.74, 6) is 0.831. The Morgan fingerprint density at radius 3 is 2.61 bits per heavy atom. The molecule has 0 saturated heterocycles. The molecule has 31 heavy (non-hydrogen) atoms. The van der Waals surface area contributed by atoms with E-state index >= 15 is 0 Å². The van der Waals surface area contributed by atoms with Gasteiger partial charge in [0.15, 0.2) is 0 Å². The quantitative estimate of drug-likeness (QED) is 0.393. The molecule has 0 aliphatic rings. The molecule has 0 fully saturated rings. The third-order valence-electron chi connectivity index (χ3n) is 5.38. The molecular weight excluding hydrogens is 408 g/mol. The number of hydrogen-bond acceptors (Lipinski definition) is 2. The zero-order valence-electron chi connectivity index (χ0n) is 17.5. The van der Waals surface area contributed by atoms with Crippen molar-refractivity contribution in [2.75, 3.05) is 7.11 Å². The van der Waals surface area contributed by atoms with Crippen molar-refractivity contribution in [3.8, 4) is 5.75 Å². The number of benzene rings is 3. The van der Waals surface area contributed by atoms with Crippen LogP contribution in [0, 0.1) is 0 Å². The number of nitrogens with zero attached hydrogens (tertiary/aromatic N) is 1. The van der Waals surface area contributed by atoms with E-state index in [1.165, 1.54) is 22.0 Å². The summed E-state index contributed by atoms with van der Waals surface area (Å²) in [5.41, 5.74) is 4.56. The number of amides is 1. The lowest BCUT2D eigenvalue weighted by Crippen LogP contribution is -2.22. The molecule has 4 aromatic rings. The van der Waals surface area contributed by atoms with Gasteiger partial charge >= 0.3 is 0 Å². The Kier molecular flexibility index (Phi) is 6.58. The number of ether oxygens (including phenoxy) is 1. The summed E-state index contributed by atoms with van der Waals surface area (Å²) in [6.45, 7) is 1.26. The van der Waals surface area contributed by atoms with Crippen molar-refractivity contribution in [3.05, 3.63) is 101 Å². The molecule has 0 aliphatic carbocycles. The molecule has 0 unspecified atom stereocenters. The Bertz CT molecular complexity index is 1180. The largest absolute Gasteiger partial charge is 0.497 e. The highest BCUT2D eigenvalue weighted by molar-refractivity contribution is 6.30. The van der Waals surface area contributed by atoms with Crippen LogP contribution in [0.1, 0.15) is 23.1 Å². The van der Waals surface area contributed by atoms with Gasteiger partial charge in [-0.25, -0.2) is 0 Å². The molecule has 1 aromatic heterocycles.